The van der Waals surface area contributed by atoms with E-state index in [0.29, 0.717) is 0 Å². The SMILES string of the molecule is CCCCCCCCCCCCCCCCNCCC[Si](OC)(OC)OC. The van der Waals surface area contributed by atoms with Crippen LogP contribution in [-0.2, 0) is 13.3 Å². The van der Waals surface area contributed by atoms with Crippen molar-refractivity contribution in [2.24, 2.45) is 0 Å². The molecule has 0 saturated carbocycles. The lowest BCUT2D eigenvalue weighted by Crippen LogP contribution is -2.43. The molecule has 0 unspecified atom stereocenters. The Morgan fingerprint density at radius 3 is 1.30 bits per heavy atom. The summed E-state index contributed by atoms with van der Waals surface area (Å²) < 4.78 is 16.3. The molecular weight excluding hydrogens is 354 g/mol. The summed E-state index contributed by atoms with van der Waals surface area (Å²) in [6.07, 6.45) is 20.9. The summed E-state index contributed by atoms with van der Waals surface area (Å²) in [4.78, 5) is 0. The summed E-state index contributed by atoms with van der Waals surface area (Å²) in [7, 11) is 2.68. The molecule has 0 aromatic rings. The molecule has 0 radical (unpaired) electrons. The highest BCUT2D eigenvalue weighted by Crippen LogP contribution is 2.14. The summed E-state index contributed by atoms with van der Waals surface area (Å²) in [5.74, 6) is 0. The van der Waals surface area contributed by atoms with Gasteiger partial charge >= 0.3 is 8.80 Å². The minimum absolute atomic E-state index is 0.877. The van der Waals surface area contributed by atoms with Gasteiger partial charge in [-0.25, -0.2) is 0 Å². The minimum atomic E-state index is -2.37. The molecule has 1 N–H and O–H groups in total. The third-order valence-corrected chi connectivity index (χ3v) is 8.31. The predicted molar refractivity (Wildman–Crippen MR) is 119 cm³/mol. The Hall–Kier alpha value is 0.0569. The molecule has 0 rings (SSSR count). The summed E-state index contributed by atoms with van der Waals surface area (Å²) in [5, 5.41) is 3.53. The van der Waals surface area contributed by atoms with E-state index in [1.54, 1.807) is 21.3 Å². The Balaban J connectivity index is 3.19. The molecule has 0 aromatic carbocycles. The zero-order chi connectivity index (χ0) is 20.1. The van der Waals surface area contributed by atoms with Crippen molar-refractivity contribution in [1.29, 1.82) is 0 Å². The van der Waals surface area contributed by atoms with Crippen LogP contribution in [0.2, 0.25) is 6.04 Å². The number of hydrogen-bond acceptors (Lipinski definition) is 4. The third-order valence-electron chi connectivity index (χ3n) is 5.48. The van der Waals surface area contributed by atoms with Crippen molar-refractivity contribution in [3.8, 4) is 0 Å². The molecule has 0 spiro atoms. The van der Waals surface area contributed by atoms with E-state index in [1.807, 2.05) is 0 Å². The first-order valence-electron chi connectivity index (χ1n) is 11.6. The Labute approximate surface area is 171 Å². The Morgan fingerprint density at radius 1 is 0.519 bits per heavy atom. The van der Waals surface area contributed by atoms with Gasteiger partial charge in [0.15, 0.2) is 0 Å². The molecule has 0 bridgehead atoms. The second kappa shape index (κ2) is 20.8. The van der Waals surface area contributed by atoms with Gasteiger partial charge in [-0.15, -0.1) is 0 Å². The van der Waals surface area contributed by atoms with Crippen LogP contribution in [0.4, 0.5) is 0 Å². The van der Waals surface area contributed by atoms with Crippen LogP contribution in [0.5, 0.6) is 0 Å². The monoisotopic (exact) mass is 403 g/mol. The fourth-order valence-corrected chi connectivity index (χ4v) is 5.28. The molecule has 0 saturated heterocycles. The van der Waals surface area contributed by atoms with Gasteiger partial charge in [0.25, 0.3) is 0 Å². The van der Waals surface area contributed by atoms with Crippen LogP contribution in [-0.4, -0.2) is 43.2 Å². The quantitative estimate of drug-likeness (QED) is 0.169. The first-order chi connectivity index (χ1) is 13.2. The molecule has 0 aliphatic carbocycles. The maximum Gasteiger partial charge on any atom is 0.500 e. The highest BCUT2D eigenvalue weighted by Gasteiger charge is 2.36. The van der Waals surface area contributed by atoms with E-state index in [1.165, 1.54) is 89.9 Å². The van der Waals surface area contributed by atoms with Gasteiger partial charge in [0.2, 0.25) is 0 Å². The van der Waals surface area contributed by atoms with Crippen LogP contribution in [0.25, 0.3) is 0 Å². The molecule has 27 heavy (non-hydrogen) atoms. The van der Waals surface area contributed by atoms with E-state index < -0.39 is 8.80 Å². The fraction of sp³-hybridized carbons (Fsp3) is 1.00. The van der Waals surface area contributed by atoms with Gasteiger partial charge in [-0.2, -0.15) is 0 Å². The van der Waals surface area contributed by atoms with E-state index in [2.05, 4.69) is 12.2 Å². The average molecular weight is 404 g/mol. The molecule has 4 nitrogen and oxygen atoms in total. The van der Waals surface area contributed by atoms with Crippen molar-refractivity contribution in [3.63, 3.8) is 0 Å². The van der Waals surface area contributed by atoms with Gasteiger partial charge in [-0.3, -0.25) is 0 Å². The number of hydrogen-bond donors (Lipinski definition) is 1. The van der Waals surface area contributed by atoms with Crippen LogP contribution < -0.4 is 5.32 Å². The number of rotatable bonds is 22. The van der Waals surface area contributed by atoms with Crippen LogP contribution in [0, 0.1) is 0 Å². The van der Waals surface area contributed by atoms with Gasteiger partial charge < -0.3 is 18.6 Å². The van der Waals surface area contributed by atoms with Gasteiger partial charge in [0.1, 0.15) is 0 Å². The van der Waals surface area contributed by atoms with Crippen molar-refractivity contribution in [2.75, 3.05) is 34.4 Å². The second-order valence-electron chi connectivity index (χ2n) is 7.75. The molecule has 0 fully saturated rings. The third kappa shape index (κ3) is 16.7. The fourth-order valence-electron chi connectivity index (χ4n) is 3.56. The molecule has 0 atom stereocenters. The molecule has 0 heterocycles. The van der Waals surface area contributed by atoms with Gasteiger partial charge in [-0.1, -0.05) is 90.4 Å². The lowest BCUT2D eigenvalue weighted by Gasteiger charge is -2.24. The lowest BCUT2D eigenvalue weighted by molar-refractivity contribution is 0.123. The molecule has 0 aliphatic rings. The second-order valence-corrected chi connectivity index (χ2v) is 10.8. The van der Waals surface area contributed by atoms with Gasteiger partial charge in [0, 0.05) is 27.4 Å². The molecule has 0 aromatic heterocycles. The Kier molecular flexibility index (Phi) is 20.8. The molecule has 5 heteroatoms. The zero-order valence-corrected chi connectivity index (χ0v) is 20.0. The smallest absolute Gasteiger partial charge is 0.377 e. The summed E-state index contributed by atoms with van der Waals surface area (Å²) in [6, 6.07) is 0.877. The highest BCUT2D eigenvalue weighted by molar-refractivity contribution is 6.60. The van der Waals surface area contributed by atoms with Crippen LogP contribution in [0.15, 0.2) is 0 Å². The van der Waals surface area contributed by atoms with Crippen LogP contribution in [0.1, 0.15) is 103 Å². The summed E-state index contributed by atoms with van der Waals surface area (Å²) in [6.45, 7) is 4.43. The number of unbranched alkanes of at least 4 members (excludes halogenated alkanes) is 13. The first kappa shape index (κ1) is 27.1. The van der Waals surface area contributed by atoms with Crippen molar-refractivity contribution in [3.05, 3.63) is 0 Å². The van der Waals surface area contributed by atoms with Crippen molar-refractivity contribution in [1.82, 2.24) is 5.32 Å². The van der Waals surface area contributed by atoms with Crippen LogP contribution >= 0.6 is 0 Å². The largest absolute Gasteiger partial charge is 0.500 e. The maximum absolute atomic E-state index is 5.44. The van der Waals surface area contributed by atoms with E-state index in [4.69, 9.17) is 13.3 Å². The lowest BCUT2D eigenvalue weighted by atomic mass is 10.0. The number of nitrogens with one attached hydrogen (secondary N) is 1. The highest BCUT2D eigenvalue weighted by atomic mass is 28.4. The molecule has 0 amide bonds. The summed E-state index contributed by atoms with van der Waals surface area (Å²) >= 11 is 0. The zero-order valence-electron chi connectivity index (χ0n) is 19.0. The van der Waals surface area contributed by atoms with E-state index >= 15 is 0 Å². The normalized spacial score (nSPS) is 12.0. The van der Waals surface area contributed by atoms with E-state index in [-0.39, 0.29) is 0 Å². The van der Waals surface area contributed by atoms with E-state index in [9.17, 15) is 0 Å². The van der Waals surface area contributed by atoms with Crippen LogP contribution in [0.3, 0.4) is 0 Å². The van der Waals surface area contributed by atoms with Crippen molar-refractivity contribution < 1.29 is 13.3 Å². The predicted octanol–water partition coefficient (Wildman–Crippen LogP) is 6.33. The topological polar surface area (TPSA) is 39.7 Å². The first-order valence-corrected chi connectivity index (χ1v) is 13.5. The molecular formula is C22H49NO3Si. The van der Waals surface area contributed by atoms with Crippen molar-refractivity contribution >= 4 is 8.80 Å². The van der Waals surface area contributed by atoms with Gasteiger partial charge in [-0.05, 0) is 25.9 Å². The molecule has 0 aliphatic heterocycles. The molecule has 164 valence electrons. The van der Waals surface area contributed by atoms with Gasteiger partial charge in [0.05, 0.1) is 0 Å². The standard InChI is InChI=1S/C22H49NO3Si/c1-5-6-7-8-9-10-11-12-13-14-15-16-17-18-20-23-21-19-22-27(24-2,25-3)26-4/h23H,5-22H2,1-4H3. The average Bonchev–Trinajstić information content (AvgIpc) is 2.70. The maximum atomic E-state index is 5.44. The Bertz CT molecular complexity index is 280. The minimum Gasteiger partial charge on any atom is -0.377 e. The van der Waals surface area contributed by atoms with E-state index in [0.717, 1.165) is 25.6 Å². The van der Waals surface area contributed by atoms with Crippen molar-refractivity contribution in [2.45, 2.75) is 109 Å². The Morgan fingerprint density at radius 2 is 0.889 bits per heavy atom. The summed E-state index contributed by atoms with van der Waals surface area (Å²) in [5.41, 5.74) is 0.